The molecule has 3 aromatic rings. The Morgan fingerprint density at radius 3 is 2.38 bits per heavy atom. The quantitative estimate of drug-likeness (QED) is 0.398. The first-order chi connectivity index (χ1) is 19.8. The summed E-state index contributed by atoms with van der Waals surface area (Å²) in [6.45, 7) is -0.592. The minimum Gasteiger partial charge on any atom is -0.493 e. The minimum absolute atomic E-state index is 0.128. The van der Waals surface area contributed by atoms with Gasteiger partial charge < -0.3 is 20.5 Å². The van der Waals surface area contributed by atoms with Gasteiger partial charge in [-0.25, -0.2) is 4.79 Å². The van der Waals surface area contributed by atoms with Crippen LogP contribution in [0, 0.1) is 5.92 Å². The van der Waals surface area contributed by atoms with Gasteiger partial charge in [0.15, 0.2) is 11.5 Å². The number of fused-ring (bicyclic) bond motifs is 2. The van der Waals surface area contributed by atoms with Gasteiger partial charge in [0.2, 0.25) is 11.8 Å². The van der Waals surface area contributed by atoms with Crippen LogP contribution in [0.1, 0.15) is 21.9 Å². The Labute approximate surface area is 243 Å². The summed E-state index contributed by atoms with van der Waals surface area (Å²) >= 11 is 1.59. The van der Waals surface area contributed by atoms with Crippen LogP contribution in [0.15, 0.2) is 52.3 Å². The number of methoxy groups -OCH3 is 2. The number of benzene rings is 2. The molecule has 0 aliphatic carbocycles. The van der Waals surface area contributed by atoms with Crippen molar-refractivity contribution in [1.29, 1.82) is 0 Å². The number of anilines is 1. The average Bonchev–Trinajstić information content (AvgIpc) is 3.38. The number of rotatable bonds is 6. The first-order valence-electron chi connectivity index (χ1n) is 12.1. The molecule has 42 heavy (non-hydrogen) atoms. The maximum Gasteiger partial charge on any atom is 0.416 e. The molecule has 0 saturated carbocycles. The molecule has 5 amide bonds. The van der Waals surface area contributed by atoms with Gasteiger partial charge in [-0.15, -0.1) is 0 Å². The predicted molar refractivity (Wildman–Crippen MR) is 145 cm³/mol. The number of primary amides is 1. The molecular formula is C26H21F3N4O7S2. The van der Waals surface area contributed by atoms with E-state index < -0.39 is 64.0 Å². The van der Waals surface area contributed by atoms with Crippen LogP contribution in [-0.4, -0.2) is 52.7 Å². The summed E-state index contributed by atoms with van der Waals surface area (Å²) < 4.78 is 51.1. The molecule has 0 radical (unpaired) electrons. The third kappa shape index (κ3) is 5.00. The lowest BCUT2D eigenvalue weighted by molar-refractivity contribution is -0.138. The van der Waals surface area contributed by atoms with Gasteiger partial charge in [-0.1, -0.05) is 35.2 Å². The fourth-order valence-corrected chi connectivity index (χ4v) is 7.77. The third-order valence-corrected chi connectivity index (χ3v) is 9.42. The minimum atomic E-state index is -4.62. The molecule has 1 fully saturated rings. The number of imide groups is 3. The highest BCUT2D eigenvalue weighted by molar-refractivity contribution is 8.00. The van der Waals surface area contributed by atoms with Crippen molar-refractivity contribution in [2.75, 3.05) is 19.5 Å². The van der Waals surface area contributed by atoms with E-state index in [2.05, 4.69) is 5.32 Å². The summed E-state index contributed by atoms with van der Waals surface area (Å²) in [5.74, 6) is -3.81. The van der Waals surface area contributed by atoms with Crippen molar-refractivity contribution in [3.8, 4) is 11.5 Å². The van der Waals surface area contributed by atoms with Crippen molar-refractivity contribution < 1.29 is 41.8 Å². The molecule has 3 heterocycles. The van der Waals surface area contributed by atoms with E-state index in [-0.39, 0.29) is 10.7 Å². The van der Waals surface area contributed by atoms with Gasteiger partial charge in [0.05, 0.1) is 30.7 Å². The van der Waals surface area contributed by atoms with Gasteiger partial charge in [-0.2, -0.15) is 18.1 Å². The van der Waals surface area contributed by atoms with E-state index >= 15 is 0 Å². The van der Waals surface area contributed by atoms with E-state index in [1.165, 1.54) is 20.3 Å². The average molecular weight is 623 g/mol. The van der Waals surface area contributed by atoms with E-state index in [0.717, 1.165) is 45.9 Å². The summed E-state index contributed by atoms with van der Waals surface area (Å²) in [5.41, 5.74) is 4.71. The van der Waals surface area contributed by atoms with Gasteiger partial charge in [0, 0.05) is 16.5 Å². The van der Waals surface area contributed by atoms with Crippen molar-refractivity contribution in [3.05, 3.63) is 68.1 Å². The molecule has 1 aromatic heterocycles. The molecule has 2 aromatic carbocycles. The van der Waals surface area contributed by atoms with Crippen molar-refractivity contribution in [3.63, 3.8) is 0 Å². The second kappa shape index (κ2) is 10.8. The Bertz CT molecular complexity index is 1690. The lowest BCUT2D eigenvalue weighted by Crippen LogP contribution is -2.41. The van der Waals surface area contributed by atoms with Gasteiger partial charge in [-0.3, -0.25) is 23.7 Å². The highest BCUT2D eigenvalue weighted by atomic mass is 32.2. The number of carbonyl (C=O) groups excluding carboxylic acids is 4. The molecule has 16 heteroatoms. The second-order valence-corrected chi connectivity index (χ2v) is 11.4. The van der Waals surface area contributed by atoms with Crippen LogP contribution in [0.25, 0.3) is 0 Å². The SMILES string of the molecule is COc1ccc([C@@H]2c3sc(=O)n(CC(=O)Nc4cccc(C(F)(F)F)c4)c3SC3C(=O)N(C(N)=O)C(=O)C32)cc1OC. The number of thiazole rings is 1. The third-order valence-electron chi connectivity index (χ3n) is 6.81. The van der Waals surface area contributed by atoms with Crippen LogP contribution in [0.4, 0.5) is 23.7 Å². The van der Waals surface area contributed by atoms with Crippen LogP contribution in [-0.2, 0) is 27.1 Å². The largest absolute Gasteiger partial charge is 0.493 e. The molecule has 220 valence electrons. The zero-order valence-electron chi connectivity index (χ0n) is 21.8. The molecule has 11 nitrogen and oxygen atoms in total. The van der Waals surface area contributed by atoms with Gasteiger partial charge >= 0.3 is 17.1 Å². The van der Waals surface area contributed by atoms with Crippen LogP contribution >= 0.6 is 23.1 Å². The number of nitrogens with one attached hydrogen (secondary N) is 1. The molecule has 5 rings (SSSR count). The molecule has 2 unspecified atom stereocenters. The Kier molecular flexibility index (Phi) is 7.53. The number of carbonyl (C=O) groups is 4. The number of halogens is 3. The number of amides is 5. The number of nitrogens with two attached hydrogens (primary N) is 1. The Balaban J connectivity index is 1.56. The van der Waals surface area contributed by atoms with Gasteiger partial charge in [0.25, 0.3) is 5.91 Å². The topological polar surface area (TPSA) is 150 Å². The smallest absolute Gasteiger partial charge is 0.416 e. The molecular weight excluding hydrogens is 601 g/mol. The van der Waals surface area contributed by atoms with E-state index in [4.69, 9.17) is 15.2 Å². The van der Waals surface area contributed by atoms with Crippen molar-refractivity contribution in [1.82, 2.24) is 9.47 Å². The zero-order chi connectivity index (χ0) is 30.5. The number of thioether (sulfide) groups is 1. The maximum absolute atomic E-state index is 13.3. The molecule has 1 saturated heterocycles. The summed E-state index contributed by atoms with van der Waals surface area (Å²) in [5, 5.41) is 1.41. The van der Waals surface area contributed by atoms with Crippen molar-refractivity contribution in [2.24, 2.45) is 11.7 Å². The Hall–Kier alpha value is -4.31. The number of nitrogens with zero attached hydrogens (tertiary/aromatic N) is 2. The van der Waals surface area contributed by atoms with Crippen LogP contribution in [0.3, 0.4) is 0 Å². The summed E-state index contributed by atoms with van der Waals surface area (Å²) in [6.07, 6.45) is -4.62. The van der Waals surface area contributed by atoms with E-state index in [1.54, 1.807) is 18.2 Å². The van der Waals surface area contributed by atoms with Crippen molar-refractivity contribution in [2.45, 2.75) is 28.9 Å². The lowest BCUT2D eigenvalue weighted by atomic mass is 9.83. The number of hydrogen-bond acceptors (Lipinski definition) is 9. The highest BCUT2D eigenvalue weighted by Gasteiger charge is 2.58. The van der Waals surface area contributed by atoms with E-state index in [9.17, 15) is 37.1 Å². The summed E-state index contributed by atoms with van der Waals surface area (Å²) in [6, 6.07) is 7.57. The lowest BCUT2D eigenvalue weighted by Gasteiger charge is -2.31. The number of alkyl halides is 3. The maximum atomic E-state index is 13.3. The monoisotopic (exact) mass is 622 g/mol. The Morgan fingerprint density at radius 2 is 1.74 bits per heavy atom. The van der Waals surface area contributed by atoms with Crippen LogP contribution in [0.5, 0.6) is 11.5 Å². The molecule has 3 N–H and O–H groups in total. The van der Waals surface area contributed by atoms with Crippen molar-refractivity contribution >= 4 is 52.5 Å². The second-order valence-electron chi connectivity index (χ2n) is 9.26. The van der Waals surface area contributed by atoms with Crippen LogP contribution in [0.2, 0.25) is 0 Å². The number of urea groups is 1. The van der Waals surface area contributed by atoms with Gasteiger partial charge in [-0.05, 0) is 35.9 Å². The molecule has 3 atom stereocenters. The molecule has 2 aliphatic heterocycles. The summed E-state index contributed by atoms with van der Waals surface area (Å²) in [7, 11) is 2.84. The highest BCUT2D eigenvalue weighted by Crippen LogP contribution is 2.54. The zero-order valence-corrected chi connectivity index (χ0v) is 23.4. The van der Waals surface area contributed by atoms with E-state index in [1.807, 2.05) is 0 Å². The summed E-state index contributed by atoms with van der Waals surface area (Å²) in [4.78, 5) is 64.7. The first-order valence-corrected chi connectivity index (χ1v) is 13.8. The molecule has 2 aliphatic rings. The van der Waals surface area contributed by atoms with E-state index in [0.29, 0.717) is 26.8 Å². The van der Waals surface area contributed by atoms with Crippen LogP contribution < -0.4 is 25.4 Å². The first kappa shape index (κ1) is 29.2. The number of aromatic nitrogens is 1. The predicted octanol–water partition coefficient (Wildman–Crippen LogP) is 3.25. The normalized spacial score (nSPS) is 19.7. The Morgan fingerprint density at radius 1 is 1.02 bits per heavy atom. The number of hydrogen-bond donors (Lipinski definition) is 2. The molecule has 0 spiro atoms. The molecule has 0 bridgehead atoms. The number of ether oxygens (including phenoxy) is 2. The van der Waals surface area contributed by atoms with Gasteiger partial charge in [0.1, 0.15) is 11.8 Å². The number of likely N-dealkylation sites (tertiary alicyclic amines) is 1. The standard InChI is InChI=1S/C26H21F3N4O7S2/c1-39-14-7-6-11(8-15(14)40-2)17-18-19(22(36)33(21(18)35)24(30)37)41-23-20(17)42-25(38)32(23)10-16(34)31-13-5-3-4-12(9-13)26(27,28)29/h3-9,17-19H,10H2,1-2H3,(H2,30,37)(H,31,34)/t17-,18?,19?/m0/s1. The fraction of sp³-hybridized carbons (Fsp3) is 0.269. The fourth-order valence-electron chi connectivity index (χ4n) is 5.00.